The quantitative estimate of drug-likeness (QED) is 0.692. The normalized spacial score (nSPS) is 17.5. The number of nitrogens with zero attached hydrogens (tertiary/aromatic N) is 3. The van der Waals surface area contributed by atoms with Crippen molar-refractivity contribution in [3.05, 3.63) is 37.4 Å². The van der Waals surface area contributed by atoms with Crippen molar-refractivity contribution in [2.45, 2.75) is 31.1 Å². The largest absolute Gasteiger partial charge is 0.300 e. The maximum Gasteiger partial charge on any atom is 0.133 e. The van der Waals surface area contributed by atoms with Gasteiger partial charge in [-0.3, -0.25) is 14.8 Å². The Morgan fingerprint density at radius 1 is 1.29 bits per heavy atom. The van der Waals surface area contributed by atoms with Crippen molar-refractivity contribution in [2.24, 2.45) is 0 Å². The zero-order valence-electron chi connectivity index (χ0n) is 9.72. The molecular weight excluding hydrogens is 214 g/mol. The van der Waals surface area contributed by atoms with Crippen LogP contribution in [-0.4, -0.2) is 15.8 Å². The Bertz CT molecular complexity index is 412. The Morgan fingerprint density at radius 3 is 2.41 bits per heavy atom. The molecule has 0 amide bonds. The lowest BCUT2D eigenvalue weighted by molar-refractivity contribution is -0.121. The molecule has 4 nitrogen and oxygen atoms in total. The molecule has 1 heterocycles. The summed E-state index contributed by atoms with van der Waals surface area (Å²) < 4.78 is 0. The fraction of sp³-hybridized carbons (Fsp3) is 0.385. The topological polar surface area (TPSA) is 66.6 Å². The van der Waals surface area contributed by atoms with E-state index >= 15 is 0 Å². The lowest BCUT2D eigenvalue weighted by Gasteiger charge is -2.28. The molecule has 0 spiro atoms. The number of rotatable bonds is 1. The van der Waals surface area contributed by atoms with Crippen molar-refractivity contribution in [3.8, 4) is 6.07 Å². The van der Waals surface area contributed by atoms with Crippen LogP contribution in [-0.2, 0) is 10.2 Å². The van der Waals surface area contributed by atoms with Gasteiger partial charge >= 0.3 is 0 Å². The van der Waals surface area contributed by atoms with Gasteiger partial charge in [0.15, 0.2) is 0 Å². The fourth-order valence-corrected chi connectivity index (χ4v) is 1.93. The van der Waals surface area contributed by atoms with Crippen LogP contribution in [0.2, 0.25) is 0 Å². The van der Waals surface area contributed by atoms with E-state index in [0.29, 0.717) is 31.4 Å². The second-order valence-corrected chi connectivity index (χ2v) is 3.82. The van der Waals surface area contributed by atoms with Gasteiger partial charge in [0.25, 0.3) is 0 Å². The molecule has 0 unspecified atom stereocenters. The minimum atomic E-state index is -0.595. The molecule has 1 aromatic heterocycles. The fourth-order valence-electron chi connectivity index (χ4n) is 1.93. The first kappa shape index (κ1) is 13.0. The average Bonchev–Trinajstić information content (AvgIpc) is 2.43. The second-order valence-electron chi connectivity index (χ2n) is 3.82. The maximum absolute atomic E-state index is 11.2. The van der Waals surface area contributed by atoms with Crippen LogP contribution < -0.4 is 0 Å². The zero-order valence-corrected chi connectivity index (χ0v) is 9.72. The SMILES string of the molecule is C=C.N#CC1(c2cnccn2)CCC(=O)CC1. The van der Waals surface area contributed by atoms with E-state index in [1.165, 1.54) is 0 Å². The number of Topliss-reactive ketones (excluding diaryl/α,β-unsaturated/α-hetero) is 1. The van der Waals surface area contributed by atoms with E-state index in [9.17, 15) is 10.1 Å². The molecule has 4 heteroatoms. The maximum atomic E-state index is 11.2. The van der Waals surface area contributed by atoms with E-state index < -0.39 is 5.41 Å². The first-order valence-corrected chi connectivity index (χ1v) is 5.46. The number of ketones is 1. The van der Waals surface area contributed by atoms with Crippen LogP contribution in [0, 0.1) is 11.3 Å². The Morgan fingerprint density at radius 2 is 1.94 bits per heavy atom. The molecule has 0 aromatic carbocycles. The minimum Gasteiger partial charge on any atom is -0.300 e. The Kier molecular flexibility index (Phi) is 4.53. The van der Waals surface area contributed by atoms with Gasteiger partial charge in [0.2, 0.25) is 0 Å². The highest BCUT2D eigenvalue weighted by atomic mass is 16.1. The molecule has 1 aliphatic carbocycles. The predicted molar refractivity (Wildman–Crippen MR) is 64.1 cm³/mol. The number of aromatic nitrogens is 2. The molecule has 0 saturated heterocycles. The smallest absolute Gasteiger partial charge is 0.133 e. The third kappa shape index (κ3) is 2.76. The lowest BCUT2D eigenvalue weighted by atomic mass is 9.73. The Balaban J connectivity index is 0.000000686. The molecule has 0 atom stereocenters. The standard InChI is InChI=1S/C11H11N3O.C2H4/c12-8-11(3-1-9(15)2-4-11)10-7-13-5-6-14-10;1-2/h5-7H,1-4H2;1-2H2. The monoisotopic (exact) mass is 229 g/mol. The molecule has 88 valence electrons. The van der Waals surface area contributed by atoms with Gasteiger partial charge in [0, 0.05) is 31.4 Å². The number of hydrogen-bond donors (Lipinski definition) is 0. The summed E-state index contributed by atoms with van der Waals surface area (Å²) in [5.74, 6) is 0.241. The summed E-state index contributed by atoms with van der Waals surface area (Å²) in [4.78, 5) is 19.3. The highest BCUT2D eigenvalue weighted by Gasteiger charge is 2.37. The number of nitriles is 1. The van der Waals surface area contributed by atoms with E-state index in [2.05, 4.69) is 29.2 Å². The molecule has 0 N–H and O–H groups in total. The van der Waals surface area contributed by atoms with Crippen molar-refractivity contribution >= 4 is 5.78 Å². The molecule has 17 heavy (non-hydrogen) atoms. The van der Waals surface area contributed by atoms with Crippen LogP contribution in [0.1, 0.15) is 31.4 Å². The average molecular weight is 229 g/mol. The van der Waals surface area contributed by atoms with E-state index in [0.717, 1.165) is 0 Å². The molecule has 2 rings (SSSR count). The molecular formula is C13H15N3O. The van der Waals surface area contributed by atoms with Crippen molar-refractivity contribution in [1.82, 2.24) is 9.97 Å². The van der Waals surface area contributed by atoms with Crippen molar-refractivity contribution < 1.29 is 4.79 Å². The Hall–Kier alpha value is -2.02. The van der Waals surface area contributed by atoms with Crippen molar-refractivity contribution in [1.29, 1.82) is 5.26 Å². The molecule has 1 aliphatic rings. The summed E-state index contributed by atoms with van der Waals surface area (Å²) >= 11 is 0. The van der Waals surface area contributed by atoms with Crippen molar-refractivity contribution in [2.75, 3.05) is 0 Å². The van der Waals surface area contributed by atoms with Gasteiger partial charge in [0.05, 0.1) is 11.8 Å². The van der Waals surface area contributed by atoms with Gasteiger partial charge in [-0.1, -0.05) is 0 Å². The van der Waals surface area contributed by atoms with Crippen LogP contribution in [0.25, 0.3) is 0 Å². The van der Waals surface area contributed by atoms with E-state index in [1.807, 2.05) is 0 Å². The lowest BCUT2D eigenvalue weighted by Crippen LogP contribution is -2.31. The molecule has 0 aliphatic heterocycles. The second kappa shape index (κ2) is 5.90. The van der Waals surface area contributed by atoms with Gasteiger partial charge in [-0.05, 0) is 12.8 Å². The molecule has 0 radical (unpaired) electrons. The Labute approximate surface area is 101 Å². The summed E-state index contributed by atoms with van der Waals surface area (Å²) in [6, 6.07) is 2.30. The first-order chi connectivity index (χ1) is 8.27. The van der Waals surface area contributed by atoms with Gasteiger partial charge in [-0.2, -0.15) is 5.26 Å². The van der Waals surface area contributed by atoms with Gasteiger partial charge < -0.3 is 0 Å². The molecule has 1 aromatic rings. The zero-order chi connectivity index (χ0) is 12.7. The summed E-state index contributed by atoms with van der Waals surface area (Å²) in [5.41, 5.74) is 0.0994. The van der Waals surface area contributed by atoms with E-state index in [1.54, 1.807) is 18.6 Å². The predicted octanol–water partition coefficient (Wildman–Crippen LogP) is 2.18. The molecule has 1 saturated carbocycles. The number of hydrogen-bond acceptors (Lipinski definition) is 4. The highest BCUT2D eigenvalue weighted by molar-refractivity contribution is 5.79. The highest BCUT2D eigenvalue weighted by Crippen LogP contribution is 2.36. The van der Waals surface area contributed by atoms with Crippen molar-refractivity contribution in [3.63, 3.8) is 0 Å². The van der Waals surface area contributed by atoms with Crippen LogP contribution >= 0.6 is 0 Å². The van der Waals surface area contributed by atoms with Gasteiger partial charge in [-0.25, -0.2) is 0 Å². The van der Waals surface area contributed by atoms with E-state index in [4.69, 9.17) is 0 Å². The summed E-state index contributed by atoms with van der Waals surface area (Å²) in [6.45, 7) is 6.00. The van der Waals surface area contributed by atoms with Crippen LogP contribution in [0.15, 0.2) is 31.7 Å². The van der Waals surface area contributed by atoms with Gasteiger partial charge in [-0.15, -0.1) is 13.2 Å². The summed E-state index contributed by atoms with van der Waals surface area (Å²) in [6.07, 6.45) is 6.89. The van der Waals surface area contributed by atoms with Gasteiger partial charge in [0.1, 0.15) is 11.2 Å². The van der Waals surface area contributed by atoms with Crippen LogP contribution in [0.3, 0.4) is 0 Å². The number of carbonyl (C=O) groups is 1. The molecule has 0 bridgehead atoms. The summed E-state index contributed by atoms with van der Waals surface area (Å²) in [5, 5.41) is 9.25. The molecule has 1 fully saturated rings. The van der Waals surface area contributed by atoms with E-state index in [-0.39, 0.29) is 5.78 Å². The third-order valence-electron chi connectivity index (χ3n) is 2.93. The van der Waals surface area contributed by atoms with Crippen LogP contribution in [0.5, 0.6) is 0 Å². The third-order valence-corrected chi connectivity index (χ3v) is 2.93. The first-order valence-electron chi connectivity index (χ1n) is 5.46. The minimum absolute atomic E-state index is 0.241. The summed E-state index contributed by atoms with van der Waals surface area (Å²) in [7, 11) is 0. The van der Waals surface area contributed by atoms with Crippen LogP contribution in [0.4, 0.5) is 0 Å². The number of carbonyl (C=O) groups excluding carboxylic acids is 1.